The zero-order chi connectivity index (χ0) is 15.5. The molecule has 4 N–H and O–H groups in total. The van der Waals surface area contributed by atoms with Crippen molar-refractivity contribution in [2.24, 2.45) is 0 Å². The summed E-state index contributed by atoms with van der Waals surface area (Å²) in [6.07, 6.45) is 0. The Morgan fingerprint density at radius 3 is 2.45 bits per heavy atom. The van der Waals surface area contributed by atoms with E-state index in [2.05, 4.69) is 10.0 Å². The minimum Gasteiger partial charge on any atom is -0.398 e. The van der Waals surface area contributed by atoms with Crippen LogP contribution >= 0.6 is 11.6 Å². The van der Waals surface area contributed by atoms with Crippen LogP contribution in [-0.2, 0) is 14.8 Å². The van der Waals surface area contributed by atoms with Crippen molar-refractivity contribution in [1.29, 1.82) is 0 Å². The predicted molar refractivity (Wildman–Crippen MR) is 78.9 cm³/mol. The lowest BCUT2D eigenvalue weighted by molar-refractivity contribution is -0.122. The molecule has 1 amide bonds. The van der Waals surface area contributed by atoms with Gasteiger partial charge in [-0.3, -0.25) is 4.79 Å². The van der Waals surface area contributed by atoms with Gasteiger partial charge >= 0.3 is 0 Å². The second-order valence-electron chi connectivity index (χ2n) is 4.69. The highest BCUT2D eigenvalue weighted by molar-refractivity contribution is 7.89. The number of halogens is 1. The average Bonchev–Trinajstić information content (AvgIpc) is 2.30. The smallest absolute Gasteiger partial charge is 0.243 e. The highest BCUT2D eigenvalue weighted by atomic mass is 35.5. The average molecular weight is 320 g/mol. The largest absolute Gasteiger partial charge is 0.398 e. The van der Waals surface area contributed by atoms with Crippen molar-refractivity contribution in [1.82, 2.24) is 10.0 Å². The monoisotopic (exact) mass is 319 g/mol. The van der Waals surface area contributed by atoms with E-state index >= 15 is 0 Å². The summed E-state index contributed by atoms with van der Waals surface area (Å²) < 4.78 is 26.6. The Balaban J connectivity index is 2.95. The van der Waals surface area contributed by atoms with Crippen molar-refractivity contribution in [2.75, 3.05) is 5.73 Å². The van der Waals surface area contributed by atoms with Gasteiger partial charge in [0.15, 0.2) is 0 Å². The van der Waals surface area contributed by atoms with Crippen LogP contribution in [0.5, 0.6) is 0 Å². The maximum absolute atomic E-state index is 12.2. The molecule has 1 aromatic rings. The van der Waals surface area contributed by atoms with Crippen LogP contribution in [0.1, 0.15) is 20.8 Å². The van der Waals surface area contributed by atoms with Crippen molar-refractivity contribution in [3.63, 3.8) is 0 Å². The van der Waals surface area contributed by atoms with Crippen LogP contribution < -0.4 is 15.8 Å². The van der Waals surface area contributed by atoms with Crippen LogP contribution in [0.2, 0.25) is 5.02 Å². The Kier molecular flexibility index (Phi) is 5.38. The van der Waals surface area contributed by atoms with Gasteiger partial charge in [-0.2, -0.15) is 4.72 Å². The Hall–Kier alpha value is -1.31. The molecule has 1 unspecified atom stereocenters. The summed E-state index contributed by atoms with van der Waals surface area (Å²) in [6.45, 7) is 5.03. The third-order valence-corrected chi connectivity index (χ3v) is 4.25. The molecule has 0 heterocycles. The van der Waals surface area contributed by atoms with E-state index in [0.717, 1.165) is 0 Å². The Labute approximate surface area is 123 Å². The van der Waals surface area contributed by atoms with Gasteiger partial charge in [-0.15, -0.1) is 0 Å². The van der Waals surface area contributed by atoms with E-state index in [1.807, 2.05) is 0 Å². The second kappa shape index (κ2) is 6.43. The lowest BCUT2D eigenvalue weighted by atomic mass is 10.3. The van der Waals surface area contributed by atoms with Crippen LogP contribution in [0.25, 0.3) is 0 Å². The number of nitrogen functional groups attached to an aromatic ring is 1. The van der Waals surface area contributed by atoms with E-state index < -0.39 is 22.0 Å². The van der Waals surface area contributed by atoms with Crippen molar-refractivity contribution in [2.45, 2.75) is 37.8 Å². The normalized spacial score (nSPS) is 13.2. The van der Waals surface area contributed by atoms with Gasteiger partial charge in [0, 0.05) is 11.1 Å². The summed E-state index contributed by atoms with van der Waals surface area (Å²) in [5.74, 6) is -0.413. The van der Waals surface area contributed by atoms with Crippen LogP contribution in [0.3, 0.4) is 0 Å². The molecule has 0 aliphatic carbocycles. The summed E-state index contributed by atoms with van der Waals surface area (Å²) in [4.78, 5) is 11.6. The Bertz CT molecular complexity index is 602. The van der Waals surface area contributed by atoms with Crippen LogP contribution in [-0.4, -0.2) is 26.4 Å². The van der Waals surface area contributed by atoms with E-state index in [-0.39, 0.29) is 21.6 Å². The molecular weight excluding hydrogens is 302 g/mol. The van der Waals surface area contributed by atoms with E-state index in [9.17, 15) is 13.2 Å². The van der Waals surface area contributed by atoms with Crippen LogP contribution in [0, 0.1) is 0 Å². The molecule has 0 bridgehead atoms. The molecule has 0 spiro atoms. The van der Waals surface area contributed by atoms with Gasteiger partial charge in [0.1, 0.15) is 4.90 Å². The number of carbonyl (C=O) groups is 1. The molecule has 0 aliphatic rings. The van der Waals surface area contributed by atoms with Crippen molar-refractivity contribution < 1.29 is 13.2 Å². The lowest BCUT2D eigenvalue weighted by Gasteiger charge is -2.17. The highest BCUT2D eigenvalue weighted by Crippen LogP contribution is 2.22. The second-order valence-corrected chi connectivity index (χ2v) is 6.81. The number of nitrogens with one attached hydrogen (secondary N) is 2. The summed E-state index contributed by atoms with van der Waals surface area (Å²) >= 11 is 5.76. The molecule has 8 heteroatoms. The van der Waals surface area contributed by atoms with E-state index in [1.54, 1.807) is 13.8 Å². The fourth-order valence-corrected chi connectivity index (χ4v) is 3.10. The number of benzene rings is 1. The molecular formula is C12H18ClN3O3S. The minimum atomic E-state index is -3.91. The van der Waals surface area contributed by atoms with Gasteiger partial charge in [-0.05, 0) is 39.0 Å². The first-order chi connectivity index (χ1) is 9.13. The van der Waals surface area contributed by atoms with Crippen LogP contribution in [0.15, 0.2) is 23.1 Å². The summed E-state index contributed by atoms with van der Waals surface area (Å²) in [5, 5.41) is 2.87. The zero-order valence-electron chi connectivity index (χ0n) is 11.5. The molecule has 0 saturated heterocycles. The van der Waals surface area contributed by atoms with Gasteiger partial charge in [0.25, 0.3) is 0 Å². The van der Waals surface area contributed by atoms with E-state index in [1.165, 1.54) is 25.1 Å². The molecule has 0 aromatic heterocycles. The lowest BCUT2D eigenvalue weighted by Crippen LogP contribution is -2.46. The van der Waals surface area contributed by atoms with Gasteiger partial charge in [0.2, 0.25) is 15.9 Å². The Morgan fingerprint density at radius 2 is 1.90 bits per heavy atom. The molecule has 112 valence electrons. The molecule has 0 aliphatic heterocycles. The Morgan fingerprint density at radius 1 is 1.30 bits per heavy atom. The number of nitrogens with two attached hydrogens (primary N) is 1. The third-order valence-electron chi connectivity index (χ3n) is 2.42. The number of hydrogen-bond acceptors (Lipinski definition) is 4. The fraction of sp³-hybridized carbons (Fsp3) is 0.417. The first kappa shape index (κ1) is 16.7. The number of sulfonamides is 1. The minimum absolute atomic E-state index is 0.0679. The molecule has 1 atom stereocenters. The maximum Gasteiger partial charge on any atom is 0.243 e. The van der Waals surface area contributed by atoms with Crippen molar-refractivity contribution in [3.8, 4) is 0 Å². The summed E-state index contributed by atoms with van der Waals surface area (Å²) in [5.41, 5.74) is 5.70. The third kappa shape index (κ3) is 4.36. The first-order valence-corrected chi connectivity index (χ1v) is 7.87. The molecule has 0 radical (unpaired) electrons. The topological polar surface area (TPSA) is 101 Å². The molecule has 1 rings (SSSR count). The van der Waals surface area contributed by atoms with E-state index in [4.69, 9.17) is 17.3 Å². The van der Waals surface area contributed by atoms with Gasteiger partial charge in [-0.25, -0.2) is 8.42 Å². The van der Waals surface area contributed by atoms with Crippen molar-refractivity contribution in [3.05, 3.63) is 23.2 Å². The standard InChI is InChI=1S/C12H18ClN3O3S/c1-7(2)15-12(17)8(3)16-20(18,19)11-6-9(13)4-5-10(11)14/h4-8,16H,14H2,1-3H3,(H,15,17). The summed E-state index contributed by atoms with van der Waals surface area (Å²) in [6, 6.07) is 3.14. The summed E-state index contributed by atoms with van der Waals surface area (Å²) in [7, 11) is -3.91. The number of anilines is 1. The molecule has 1 aromatic carbocycles. The molecule has 20 heavy (non-hydrogen) atoms. The fourth-order valence-electron chi connectivity index (χ4n) is 1.50. The maximum atomic E-state index is 12.2. The van der Waals surface area contributed by atoms with Gasteiger partial charge in [-0.1, -0.05) is 11.6 Å². The molecule has 0 saturated carbocycles. The molecule has 6 nitrogen and oxygen atoms in total. The van der Waals surface area contributed by atoms with Crippen molar-refractivity contribution >= 4 is 33.2 Å². The van der Waals surface area contributed by atoms with E-state index in [0.29, 0.717) is 0 Å². The number of rotatable bonds is 5. The number of amides is 1. The zero-order valence-corrected chi connectivity index (χ0v) is 13.0. The van der Waals surface area contributed by atoms with Gasteiger partial charge in [0.05, 0.1) is 11.7 Å². The SMILES string of the molecule is CC(C)NC(=O)C(C)NS(=O)(=O)c1cc(Cl)ccc1N. The molecule has 0 fully saturated rings. The first-order valence-electron chi connectivity index (χ1n) is 6.01. The number of carbonyl (C=O) groups excluding carboxylic acids is 1. The predicted octanol–water partition coefficient (Wildman–Crippen LogP) is 1.11. The van der Waals surface area contributed by atoms with Crippen LogP contribution in [0.4, 0.5) is 5.69 Å². The van der Waals surface area contributed by atoms with Gasteiger partial charge < -0.3 is 11.1 Å². The quantitative estimate of drug-likeness (QED) is 0.708. The number of hydrogen-bond donors (Lipinski definition) is 3. The highest BCUT2D eigenvalue weighted by Gasteiger charge is 2.24.